The molecule has 4 aromatic rings. The third-order valence-electron chi connectivity index (χ3n) is 5.06. The van der Waals surface area contributed by atoms with Gasteiger partial charge in [-0.05, 0) is 48.9 Å². The van der Waals surface area contributed by atoms with Crippen LogP contribution >= 0.6 is 23.5 Å². The Morgan fingerprint density at radius 2 is 1.89 bits per heavy atom. The molecule has 0 bridgehead atoms. The molecule has 0 fully saturated rings. The lowest BCUT2D eigenvalue weighted by Gasteiger charge is -2.13. The van der Waals surface area contributed by atoms with Crippen molar-refractivity contribution in [2.75, 3.05) is 19.4 Å². The van der Waals surface area contributed by atoms with Crippen LogP contribution < -0.4 is 10.1 Å². The Morgan fingerprint density at radius 1 is 1.11 bits per heavy atom. The maximum Gasteiger partial charge on any atom is 0.228 e. The minimum atomic E-state index is -0.171. The summed E-state index contributed by atoms with van der Waals surface area (Å²) in [7, 11) is 3.82. The van der Waals surface area contributed by atoms with Crippen LogP contribution in [0.5, 0.6) is 11.6 Å². The van der Waals surface area contributed by atoms with E-state index in [4.69, 9.17) is 16.3 Å². The summed E-state index contributed by atoms with van der Waals surface area (Å²) < 4.78 is 10.6. The Bertz CT molecular complexity index is 1370. The lowest BCUT2D eigenvalue weighted by atomic mass is 10.1. The molecule has 0 saturated heterocycles. The number of hydrogen-bond donors (Lipinski definition) is 1. The maximum atomic E-state index is 12.8. The number of amides is 1. The zero-order chi connectivity index (χ0) is 24.8. The first kappa shape index (κ1) is 24.6. The predicted molar refractivity (Wildman–Crippen MR) is 145 cm³/mol. The fourth-order valence-electron chi connectivity index (χ4n) is 3.37. The summed E-state index contributed by atoms with van der Waals surface area (Å²) in [5, 5.41) is 5.25. The van der Waals surface area contributed by atoms with Gasteiger partial charge in [0.05, 0.1) is 12.8 Å². The second-order valence-electron chi connectivity index (χ2n) is 8.19. The molecule has 0 spiro atoms. The number of nitrogens with one attached hydrogen (secondary N) is 1. The third-order valence-corrected chi connectivity index (χ3v) is 6.17. The van der Waals surface area contributed by atoms with E-state index >= 15 is 0 Å². The summed E-state index contributed by atoms with van der Waals surface area (Å²) in [6, 6.07) is 20.8. The molecule has 1 amide bonds. The first-order chi connectivity index (χ1) is 16.9. The van der Waals surface area contributed by atoms with Crippen LogP contribution in [0.3, 0.4) is 0 Å². The van der Waals surface area contributed by atoms with Crippen LogP contribution in [0.25, 0.3) is 10.8 Å². The fourth-order valence-corrected chi connectivity index (χ4v) is 4.37. The van der Waals surface area contributed by atoms with Crippen molar-refractivity contribution >= 4 is 52.3 Å². The molecule has 4 rings (SSSR count). The highest BCUT2D eigenvalue weighted by atomic mass is 35.5. The number of halogens is 1. The smallest absolute Gasteiger partial charge is 0.228 e. The summed E-state index contributed by atoms with van der Waals surface area (Å²) in [5.74, 6) is 0.964. The van der Waals surface area contributed by atoms with Crippen LogP contribution in [0.15, 0.2) is 82.2 Å². The van der Waals surface area contributed by atoms with E-state index in [0.29, 0.717) is 22.3 Å². The Hall–Kier alpha value is -3.55. The van der Waals surface area contributed by atoms with Crippen molar-refractivity contribution in [1.82, 2.24) is 9.88 Å². The van der Waals surface area contributed by atoms with Gasteiger partial charge in [0.2, 0.25) is 11.8 Å². The van der Waals surface area contributed by atoms with Gasteiger partial charge in [0.15, 0.2) is 0 Å². The van der Waals surface area contributed by atoms with Gasteiger partial charge < -0.3 is 15.0 Å². The molecular weight excluding hydrogens is 480 g/mol. The highest BCUT2D eigenvalue weighted by molar-refractivity contribution is 7.98. The van der Waals surface area contributed by atoms with Crippen molar-refractivity contribution in [3.8, 4) is 11.6 Å². The maximum absolute atomic E-state index is 12.8. The molecule has 3 aromatic carbocycles. The van der Waals surface area contributed by atoms with Crippen LogP contribution in [-0.4, -0.2) is 36.2 Å². The molecule has 0 aliphatic heterocycles. The van der Waals surface area contributed by atoms with Crippen molar-refractivity contribution < 1.29 is 9.53 Å². The molecule has 1 N–H and O–H groups in total. The summed E-state index contributed by atoms with van der Waals surface area (Å²) in [5.41, 5.74) is 2.53. The summed E-state index contributed by atoms with van der Waals surface area (Å²) >= 11 is 7.55. The topological polar surface area (TPSA) is 66.8 Å². The highest BCUT2D eigenvalue weighted by Gasteiger charge is 2.14. The van der Waals surface area contributed by atoms with Crippen LogP contribution in [0.2, 0.25) is 5.02 Å². The summed E-state index contributed by atoms with van der Waals surface area (Å²) in [6.45, 7) is 2.02. The second-order valence-corrected chi connectivity index (χ2v) is 9.43. The van der Waals surface area contributed by atoms with E-state index in [-0.39, 0.29) is 12.3 Å². The molecule has 8 heteroatoms. The van der Waals surface area contributed by atoms with E-state index in [1.165, 1.54) is 11.9 Å². The van der Waals surface area contributed by atoms with Crippen LogP contribution in [-0.2, 0) is 11.2 Å². The molecule has 0 aliphatic carbocycles. The Labute approximate surface area is 214 Å². The van der Waals surface area contributed by atoms with E-state index in [2.05, 4.69) is 14.7 Å². The SMILES string of the molecule is Cc1ccc(Oc2nccc3c(S/N=C\N(C)C)cc(NC(=O)Cc4ccccc4Cl)cc23)cc1. The van der Waals surface area contributed by atoms with E-state index in [1.54, 1.807) is 18.6 Å². The largest absolute Gasteiger partial charge is 0.438 e. The molecule has 0 atom stereocenters. The molecule has 35 heavy (non-hydrogen) atoms. The van der Waals surface area contributed by atoms with Gasteiger partial charge in [0, 0.05) is 58.6 Å². The zero-order valence-electron chi connectivity index (χ0n) is 19.7. The van der Waals surface area contributed by atoms with Crippen LogP contribution in [0.4, 0.5) is 5.69 Å². The van der Waals surface area contributed by atoms with Crippen LogP contribution in [0.1, 0.15) is 11.1 Å². The lowest BCUT2D eigenvalue weighted by Crippen LogP contribution is -2.14. The van der Waals surface area contributed by atoms with Gasteiger partial charge in [-0.1, -0.05) is 47.5 Å². The molecule has 0 radical (unpaired) electrons. The minimum absolute atomic E-state index is 0.165. The number of ether oxygens (including phenoxy) is 1. The van der Waals surface area contributed by atoms with E-state index in [9.17, 15) is 4.79 Å². The molecule has 6 nitrogen and oxygen atoms in total. The van der Waals surface area contributed by atoms with Gasteiger partial charge in [-0.3, -0.25) is 4.79 Å². The van der Waals surface area contributed by atoms with Gasteiger partial charge in [-0.25, -0.2) is 9.38 Å². The highest BCUT2D eigenvalue weighted by Crippen LogP contribution is 2.37. The van der Waals surface area contributed by atoms with E-state index in [1.807, 2.05) is 86.6 Å². The quantitative estimate of drug-likeness (QED) is 0.163. The molecule has 0 saturated carbocycles. The van der Waals surface area contributed by atoms with Gasteiger partial charge >= 0.3 is 0 Å². The standard InChI is InChI=1S/C27H25ClN4O2S/c1-18-8-10-21(11-9-18)34-27-23-15-20(31-26(33)14-19-6-4-5-7-24(19)28)16-25(22(23)12-13-29-27)35-30-17-32(2)3/h4-13,15-17H,14H2,1-3H3,(H,31,33)/b30-17-. The number of fused-ring (bicyclic) bond motifs is 1. The van der Waals surface area contributed by atoms with Crippen LogP contribution in [0, 0.1) is 6.92 Å². The average Bonchev–Trinajstić information content (AvgIpc) is 2.82. The van der Waals surface area contributed by atoms with Crippen molar-refractivity contribution in [3.05, 3.63) is 89.1 Å². The molecule has 0 aliphatic rings. The number of rotatable bonds is 8. The number of carbonyl (C=O) groups is 1. The second kappa shape index (κ2) is 11.3. The van der Waals surface area contributed by atoms with Crippen molar-refractivity contribution in [2.45, 2.75) is 18.2 Å². The number of aromatic nitrogens is 1. The van der Waals surface area contributed by atoms with E-state index in [0.717, 1.165) is 26.8 Å². The monoisotopic (exact) mass is 504 g/mol. The summed E-state index contributed by atoms with van der Waals surface area (Å²) in [4.78, 5) is 20.0. The normalized spacial score (nSPS) is 11.1. The fraction of sp³-hybridized carbons (Fsp3) is 0.148. The summed E-state index contributed by atoms with van der Waals surface area (Å²) in [6.07, 6.45) is 3.60. The number of anilines is 1. The van der Waals surface area contributed by atoms with Crippen molar-refractivity contribution in [1.29, 1.82) is 0 Å². The average molecular weight is 505 g/mol. The van der Waals surface area contributed by atoms with E-state index < -0.39 is 0 Å². The molecule has 1 heterocycles. The molecular formula is C27H25ClN4O2S. The number of hydrogen-bond acceptors (Lipinski definition) is 5. The Balaban J connectivity index is 1.69. The number of aryl methyl sites for hydroxylation is 1. The van der Waals surface area contributed by atoms with Gasteiger partial charge in [-0.2, -0.15) is 0 Å². The number of pyridine rings is 1. The zero-order valence-corrected chi connectivity index (χ0v) is 21.2. The molecule has 0 unspecified atom stereocenters. The number of carbonyl (C=O) groups excluding carboxylic acids is 1. The lowest BCUT2D eigenvalue weighted by molar-refractivity contribution is -0.115. The van der Waals surface area contributed by atoms with Gasteiger partial charge in [0.1, 0.15) is 5.75 Å². The number of benzene rings is 3. The van der Waals surface area contributed by atoms with Crippen molar-refractivity contribution in [3.63, 3.8) is 0 Å². The minimum Gasteiger partial charge on any atom is -0.438 e. The molecule has 178 valence electrons. The molecule has 1 aromatic heterocycles. The van der Waals surface area contributed by atoms with Gasteiger partial charge in [0.25, 0.3) is 0 Å². The first-order valence-electron chi connectivity index (χ1n) is 11.0. The predicted octanol–water partition coefficient (Wildman–Crippen LogP) is 6.77. The Kier molecular flexibility index (Phi) is 7.90. The number of nitrogens with zero attached hydrogens (tertiary/aromatic N) is 3. The van der Waals surface area contributed by atoms with Crippen molar-refractivity contribution in [2.24, 2.45) is 4.40 Å². The first-order valence-corrected chi connectivity index (χ1v) is 12.1. The van der Waals surface area contributed by atoms with Gasteiger partial charge in [-0.15, -0.1) is 0 Å². The Morgan fingerprint density at radius 3 is 2.63 bits per heavy atom. The third kappa shape index (κ3) is 6.53.